The molecule has 1 heterocycles. The van der Waals surface area contributed by atoms with Gasteiger partial charge in [0.15, 0.2) is 0 Å². The van der Waals surface area contributed by atoms with Gasteiger partial charge in [-0.25, -0.2) is 4.79 Å². The average Bonchev–Trinajstić information content (AvgIpc) is 2.24. The standard InChI is InChI=1S/C11H16N4O3S/c1-11(2,3)9(17)14-8(19)5-6(12)15(4)10(18)13-7(5)16/h12H2,1-4H3,(H,13,16,18)(H,14,17,19). The Morgan fingerprint density at radius 1 is 1.37 bits per heavy atom. The molecule has 7 nitrogen and oxygen atoms in total. The van der Waals surface area contributed by atoms with Crippen molar-refractivity contribution in [2.24, 2.45) is 12.5 Å². The van der Waals surface area contributed by atoms with Gasteiger partial charge in [0, 0.05) is 12.5 Å². The minimum Gasteiger partial charge on any atom is -0.384 e. The molecule has 0 saturated heterocycles. The number of hydrogen-bond donors (Lipinski definition) is 3. The molecular formula is C11H16N4O3S. The minimum absolute atomic E-state index is 0.0882. The number of aromatic nitrogens is 2. The highest BCUT2D eigenvalue weighted by Crippen LogP contribution is 2.13. The van der Waals surface area contributed by atoms with E-state index in [0.717, 1.165) is 4.57 Å². The molecule has 19 heavy (non-hydrogen) atoms. The summed E-state index contributed by atoms with van der Waals surface area (Å²) >= 11 is 5.00. The predicted molar refractivity (Wildman–Crippen MR) is 76.0 cm³/mol. The second-order valence-electron chi connectivity index (χ2n) is 5.11. The van der Waals surface area contributed by atoms with Crippen molar-refractivity contribution in [2.75, 3.05) is 5.73 Å². The molecule has 0 aliphatic heterocycles. The number of nitrogen functional groups attached to an aromatic ring is 1. The number of thiocarbonyl (C=S) groups is 1. The normalized spacial score (nSPS) is 11.2. The first kappa shape index (κ1) is 15.1. The van der Waals surface area contributed by atoms with E-state index in [1.807, 2.05) is 0 Å². The smallest absolute Gasteiger partial charge is 0.329 e. The second kappa shape index (κ2) is 4.96. The summed E-state index contributed by atoms with van der Waals surface area (Å²) in [7, 11) is 1.39. The Kier molecular flexibility index (Phi) is 3.94. The van der Waals surface area contributed by atoms with Crippen molar-refractivity contribution >= 4 is 28.9 Å². The Morgan fingerprint density at radius 3 is 2.37 bits per heavy atom. The van der Waals surface area contributed by atoms with Crippen LogP contribution in [0.15, 0.2) is 9.59 Å². The number of H-pyrrole nitrogens is 1. The van der Waals surface area contributed by atoms with E-state index in [2.05, 4.69) is 10.3 Å². The molecule has 8 heteroatoms. The molecular weight excluding hydrogens is 268 g/mol. The Hall–Kier alpha value is -1.96. The van der Waals surface area contributed by atoms with Crippen molar-refractivity contribution < 1.29 is 4.79 Å². The molecule has 1 rings (SSSR count). The number of nitrogens with two attached hydrogens (primary N) is 1. The molecule has 0 aromatic carbocycles. The maximum atomic E-state index is 11.8. The van der Waals surface area contributed by atoms with Gasteiger partial charge in [0.25, 0.3) is 5.56 Å². The molecule has 104 valence electrons. The largest absolute Gasteiger partial charge is 0.384 e. The first-order chi connectivity index (χ1) is 8.55. The SMILES string of the molecule is Cn1c(N)c(C(=S)NC(=O)C(C)(C)C)c(=O)[nH]c1=O. The molecule has 1 amide bonds. The number of nitrogens with zero attached hydrogens (tertiary/aromatic N) is 1. The first-order valence-electron chi connectivity index (χ1n) is 5.50. The van der Waals surface area contributed by atoms with E-state index in [-0.39, 0.29) is 22.3 Å². The zero-order chi connectivity index (χ0) is 15.0. The molecule has 4 N–H and O–H groups in total. The van der Waals surface area contributed by atoms with Crippen LogP contribution in [0.3, 0.4) is 0 Å². The van der Waals surface area contributed by atoms with Crippen LogP contribution in [0.4, 0.5) is 5.82 Å². The summed E-state index contributed by atoms with van der Waals surface area (Å²) in [6.45, 7) is 5.12. The van der Waals surface area contributed by atoms with Crippen LogP contribution in [0, 0.1) is 5.41 Å². The molecule has 1 aromatic heterocycles. The monoisotopic (exact) mass is 284 g/mol. The van der Waals surface area contributed by atoms with Crippen molar-refractivity contribution in [3.8, 4) is 0 Å². The number of nitrogens with one attached hydrogen (secondary N) is 2. The number of rotatable bonds is 1. The minimum atomic E-state index is -0.722. The Bertz CT molecular complexity index is 651. The van der Waals surface area contributed by atoms with Gasteiger partial charge in [-0.1, -0.05) is 33.0 Å². The highest BCUT2D eigenvalue weighted by atomic mass is 32.1. The lowest BCUT2D eigenvalue weighted by Crippen LogP contribution is -2.43. The van der Waals surface area contributed by atoms with Crippen LogP contribution in [0.2, 0.25) is 0 Å². The predicted octanol–water partition coefficient (Wildman–Crippen LogP) is -0.506. The van der Waals surface area contributed by atoms with Gasteiger partial charge in [0.1, 0.15) is 16.4 Å². The van der Waals surface area contributed by atoms with E-state index in [1.54, 1.807) is 20.8 Å². The zero-order valence-corrected chi connectivity index (χ0v) is 12.0. The van der Waals surface area contributed by atoms with Gasteiger partial charge in [-0.3, -0.25) is 19.1 Å². The van der Waals surface area contributed by atoms with Gasteiger partial charge < -0.3 is 11.1 Å². The Morgan fingerprint density at radius 2 is 1.89 bits per heavy atom. The van der Waals surface area contributed by atoms with Gasteiger partial charge >= 0.3 is 5.69 Å². The van der Waals surface area contributed by atoms with Crippen LogP contribution in [0.5, 0.6) is 0 Å². The van der Waals surface area contributed by atoms with Crippen molar-refractivity contribution in [2.45, 2.75) is 20.8 Å². The van der Waals surface area contributed by atoms with Gasteiger partial charge in [-0.2, -0.15) is 0 Å². The van der Waals surface area contributed by atoms with E-state index >= 15 is 0 Å². The second-order valence-corrected chi connectivity index (χ2v) is 5.52. The molecule has 0 fully saturated rings. The van der Waals surface area contributed by atoms with E-state index in [0.29, 0.717) is 0 Å². The number of carbonyl (C=O) groups is 1. The van der Waals surface area contributed by atoms with E-state index in [4.69, 9.17) is 18.0 Å². The van der Waals surface area contributed by atoms with E-state index in [1.165, 1.54) is 7.05 Å². The van der Waals surface area contributed by atoms with Gasteiger partial charge in [0.05, 0.1) is 0 Å². The van der Waals surface area contributed by atoms with Crippen molar-refractivity contribution in [3.63, 3.8) is 0 Å². The van der Waals surface area contributed by atoms with Crippen molar-refractivity contribution in [1.29, 1.82) is 0 Å². The number of hydrogen-bond acceptors (Lipinski definition) is 5. The fourth-order valence-corrected chi connectivity index (χ4v) is 1.50. The third-order valence-electron chi connectivity index (χ3n) is 2.50. The number of amides is 1. The third kappa shape index (κ3) is 3.08. The molecule has 0 aliphatic carbocycles. The summed E-state index contributed by atoms with van der Waals surface area (Å²) in [6, 6.07) is 0. The van der Waals surface area contributed by atoms with Crippen LogP contribution in [-0.4, -0.2) is 20.4 Å². The fourth-order valence-electron chi connectivity index (χ4n) is 1.21. The summed E-state index contributed by atoms with van der Waals surface area (Å²) in [5.41, 5.74) is 3.56. The highest BCUT2D eigenvalue weighted by Gasteiger charge is 2.24. The van der Waals surface area contributed by atoms with Gasteiger partial charge in [-0.15, -0.1) is 0 Å². The van der Waals surface area contributed by atoms with E-state index in [9.17, 15) is 14.4 Å². The lowest BCUT2D eigenvalue weighted by Gasteiger charge is -2.18. The summed E-state index contributed by atoms with van der Waals surface area (Å²) in [6.07, 6.45) is 0. The van der Waals surface area contributed by atoms with Crippen molar-refractivity contribution in [1.82, 2.24) is 14.9 Å². The number of carbonyl (C=O) groups excluding carboxylic acids is 1. The molecule has 0 radical (unpaired) electrons. The first-order valence-corrected chi connectivity index (χ1v) is 5.91. The summed E-state index contributed by atoms with van der Waals surface area (Å²) in [4.78, 5) is 36.8. The quantitative estimate of drug-likeness (QED) is 0.602. The average molecular weight is 284 g/mol. The van der Waals surface area contributed by atoms with Crippen LogP contribution in [0.25, 0.3) is 0 Å². The molecule has 0 saturated carbocycles. The topological polar surface area (TPSA) is 110 Å². The highest BCUT2D eigenvalue weighted by molar-refractivity contribution is 7.80. The summed E-state index contributed by atoms with van der Waals surface area (Å²) < 4.78 is 1.05. The Balaban J connectivity index is 3.23. The molecule has 0 bridgehead atoms. The molecule has 0 atom stereocenters. The van der Waals surface area contributed by atoms with Crippen LogP contribution in [-0.2, 0) is 11.8 Å². The Labute approximate surface area is 114 Å². The zero-order valence-electron chi connectivity index (χ0n) is 11.2. The maximum Gasteiger partial charge on any atom is 0.329 e. The maximum absolute atomic E-state index is 11.8. The molecule has 1 aromatic rings. The summed E-state index contributed by atoms with van der Waals surface area (Å²) in [5, 5.41) is 2.44. The molecule has 0 spiro atoms. The number of anilines is 1. The van der Waals surface area contributed by atoms with Gasteiger partial charge in [0.2, 0.25) is 5.91 Å². The summed E-state index contributed by atoms with van der Waals surface area (Å²) in [5.74, 6) is -0.432. The van der Waals surface area contributed by atoms with Crippen LogP contribution >= 0.6 is 12.2 Å². The molecule has 0 aliphatic rings. The van der Waals surface area contributed by atoms with Crippen molar-refractivity contribution in [3.05, 3.63) is 26.4 Å². The lowest BCUT2D eigenvalue weighted by molar-refractivity contribution is -0.126. The number of aromatic amines is 1. The van der Waals surface area contributed by atoms with E-state index < -0.39 is 16.7 Å². The third-order valence-corrected chi connectivity index (χ3v) is 2.81. The molecule has 0 unspecified atom stereocenters. The van der Waals surface area contributed by atoms with Crippen LogP contribution in [0.1, 0.15) is 26.3 Å². The fraction of sp³-hybridized carbons (Fsp3) is 0.455. The lowest BCUT2D eigenvalue weighted by atomic mass is 9.95. The van der Waals surface area contributed by atoms with Gasteiger partial charge in [-0.05, 0) is 0 Å². The van der Waals surface area contributed by atoms with Crippen LogP contribution < -0.4 is 22.3 Å².